The Morgan fingerprint density at radius 2 is 1.80 bits per heavy atom. The van der Waals surface area contributed by atoms with Crippen molar-refractivity contribution in [3.63, 3.8) is 0 Å². The molecule has 1 aliphatic carbocycles. The smallest absolute Gasteiger partial charge is 0.320 e. The number of rotatable bonds is 10. The average molecular weight is 828 g/mol. The fourth-order valence-corrected chi connectivity index (χ4v) is 10.8. The maximum atomic E-state index is 12.7. The molecule has 5 amide bonds. The van der Waals surface area contributed by atoms with Gasteiger partial charge in [0.25, 0.3) is 5.91 Å². The minimum Gasteiger partial charge on any atom is -0.364 e. The summed E-state index contributed by atoms with van der Waals surface area (Å²) in [4.78, 5) is 70.9. The topological polar surface area (TPSA) is 199 Å². The van der Waals surface area contributed by atoms with Gasteiger partial charge in [-0.05, 0) is 118 Å². The number of piperidine rings is 3. The molecule has 2 unspecified atom stereocenters. The number of imide groups is 1. The van der Waals surface area contributed by atoms with E-state index in [1.54, 1.807) is 11.1 Å². The lowest BCUT2D eigenvalue weighted by atomic mass is 9.88. The number of likely N-dealkylation sites (N-methyl/N-ethyl adjacent to an activating group) is 1. The zero-order valence-corrected chi connectivity index (χ0v) is 34.6. The van der Waals surface area contributed by atoms with Crippen LogP contribution in [-0.4, -0.2) is 117 Å². The van der Waals surface area contributed by atoms with E-state index < -0.39 is 11.8 Å². The predicted molar refractivity (Wildman–Crippen MR) is 230 cm³/mol. The largest absolute Gasteiger partial charge is 0.364 e. The van der Waals surface area contributed by atoms with Gasteiger partial charge in [-0.25, -0.2) is 14.8 Å². The number of aromatic amines is 1. The summed E-state index contributed by atoms with van der Waals surface area (Å²) in [6.07, 6.45) is 11.8. The van der Waals surface area contributed by atoms with E-state index in [9.17, 15) is 19.2 Å². The van der Waals surface area contributed by atoms with E-state index in [0.29, 0.717) is 60.1 Å². The molecule has 5 aromatic rings. The molecule has 4 atom stereocenters. The van der Waals surface area contributed by atoms with Gasteiger partial charge in [-0.3, -0.25) is 19.7 Å². The van der Waals surface area contributed by atoms with Gasteiger partial charge in [-0.15, -0.1) is 0 Å². The molecule has 7 heterocycles. The van der Waals surface area contributed by atoms with Crippen LogP contribution < -0.4 is 21.3 Å². The number of aromatic nitrogens is 4. The van der Waals surface area contributed by atoms with Gasteiger partial charge in [0, 0.05) is 69.0 Å². The lowest BCUT2D eigenvalue weighted by Gasteiger charge is -2.37. The third-order valence-corrected chi connectivity index (χ3v) is 14.0. The minimum atomic E-state index is -0.645. The molecule has 4 aliphatic heterocycles. The van der Waals surface area contributed by atoms with Gasteiger partial charge in [-0.1, -0.05) is 17.3 Å². The van der Waals surface area contributed by atoms with Gasteiger partial charge >= 0.3 is 6.03 Å². The molecule has 5 N–H and O–H groups in total. The van der Waals surface area contributed by atoms with E-state index in [1.165, 1.54) is 17.5 Å². The number of nitrogens with one attached hydrogen (secondary N) is 3. The van der Waals surface area contributed by atoms with Crippen molar-refractivity contribution in [2.45, 2.75) is 81.6 Å². The Hall–Kier alpha value is -6.03. The van der Waals surface area contributed by atoms with Gasteiger partial charge in [-0.2, -0.15) is 0 Å². The summed E-state index contributed by atoms with van der Waals surface area (Å²) in [6, 6.07) is 12.8. The van der Waals surface area contributed by atoms with Crippen LogP contribution in [0.15, 0.2) is 53.3 Å². The maximum absolute atomic E-state index is 12.7. The SMILES string of the molecule is CN1CCN([C@@H]2CCCN(c3cnc(C(N)=O)c(Nc4ccc(C5CCN(C[C@H]6CCC(c7cc8onc(C9CCC(=O)NC9=O)c8c8cc[nH]c78)C6)CC5)cc4)n3)C2)C1=O. The van der Waals surface area contributed by atoms with Crippen molar-refractivity contribution in [2.24, 2.45) is 11.7 Å². The first-order valence-corrected chi connectivity index (χ1v) is 21.9. The summed E-state index contributed by atoms with van der Waals surface area (Å²) in [6.45, 7) is 6.13. The summed E-state index contributed by atoms with van der Waals surface area (Å²) in [7, 11) is 1.84. The van der Waals surface area contributed by atoms with Gasteiger partial charge in [0.2, 0.25) is 11.8 Å². The lowest BCUT2D eigenvalue weighted by Crippen LogP contribution is -2.49. The highest BCUT2D eigenvalue weighted by Gasteiger charge is 2.37. The van der Waals surface area contributed by atoms with Crippen LogP contribution in [0.1, 0.15) is 103 Å². The van der Waals surface area contributed by atoms with Crippen molar-refractivity contribution < 1.29 is 23.7 Å². The van der Waals surface area contributed by atoms with E-state index in [-0.39, 0.29) is 29.6 Å². The first-order valence-electron chi connectivity index (χ1n) is 21.9. The van der Waals surface area contributed by atoms with Crippen molar-refractivity contribution in [3.05, 3.63) is 71.3 Å². The maximum Gasteiger partial charge on any atom is 0.320 e. The Labute approximate surface area is 353 Å². The number of amides is 5. The fourth-order valence-electron chi connectivity index (χ4n) is 10.8. The number of likely N-dealkylation sites (tertiary alicyclic amines) is 1. The Morgan fingerprint density at radius 1 is 0.967 bits per heavy atom. The van der Waals surface area contributed by atoms with Crippen molar-refractivity contribution in [1.29, 1.82) is 0 Å². The van der Waals surface area contributed by atoms with Crippen LogP contribution in [0, 0.1) is 5.92 Å². The standard InChI is InChI=1S/C45H53N11O5/c1-53-19-20-56(45(53)60)31-3-2-16-55(25-31)36-23-48-41(42(46)58)43(50-36)49-30-8-6-27(7-9-30)28-13-17-54(18-14-28)24-26-4-5-29(21-26)34-22-35-38(32-12-15-47-39(32)34)40(52-61-35)33-10-11-37(57)51-44(33)59/h6-9,12,15,22-23,26,28-29,31,33,47H,2-5,10-11,13-14,16-21,24-25H2,1H3,(H2,46,58)(H,49,50)(H,51,57,59)/t26-,29?,31+,33?/m0/s1. The Kier molecular flexibility index (Phi) is 10.3. The molecule has 16 heteroatoms. The normalized spacial score (nSPS) is 24.3. The second-order valence-corrected chi connectivity index (χ2v) is 17.8. The molecule has 0 spiro atoms. The number of nitrogens with two attached hydrogens (primary N) is 1. The Morgan fingerprint density at radius 3 is 2.57 bits per heavy atom. The third-order valence-electron chi connectivity index (χ3n) is 14.0. The highest BCUT2D eigenvalue weighted by atomic mass is 16.5. The molecule has 2 aromatic carbocycles. The van der Waals surface area contributed by atoms with Crippen molar-refractivity contribution in [3.8, 4) is 0 Å². The predicted octanol–water partition coefficient (Wildman–Crippen LogP) is 5.56. The molecule has 0 radical (unpaired) electrons. The van der Waals surface area contributed by atoms with Gasteiger partial charge in [0.05, 0.1) is 23.5 Å². The zero-order chi connectivity index (χ0) is 41.8. The fraction of sp³-hybridized carbons (Fsp3) is 0.489. The summed E-state index contributed by atoms with van der Waals surface area (Å²) in [5, 5.41) is 12.0. The van der Waals surface area contributed by atoms with Crippen molar-refractivity contribution >= 4 is 62.9 Å². The molecule has 0 bridgehead atoms. The van der Waals surface area contributed by atoms with E-state index in [0.717, 1.165) is 99.8 Å². The molecule has 3 aromatic heterocycles. The van der Waals surface area contributed by atoms with E-state index in [2.05, 4.69) is 53.8 Å². The molecule has 318 valence electrons. The highest BCUT2D eigenvalue weighted by molar-refractivity contribution is 6.10. The van der Waals surface area contributed by atoms with Crippen molar-refractivity contribution in [1.82, 2.24) is 40.1 Å². The molecule has 5 fully saturated rings. The number of H-pyrrole nitrogens is 1. The molecule has 61 heavy (non-hydrogen) atoms. The minimum absolute atomic E-state index is 0.0705. The summed E-state index contributed by atoms with van der Waals surface area (Å²) in [5.41, 5.74) is 11.6. The number of carbonyl (C=O) groups excluding carboxylic acids is 4. The first-order chi connectivity index (χ1) is 29.7. The van der Waals surface area contributed by atoms with Crippen LogP contribution >= 0.6 is 0 Å². The summed E-state index contributed by atoms with van der Waals surface area (Å²) in [5.74, 6) is 0.777. The van der Waals surface area contributed by atoms with E-state index in [1.807, 2.05) is 36.3 Å². The zero-order valence-electron chi connectivity index (χ0n) is 34.6. The molecule has 4 saturated heterocycles. The third kappa shape index (κ3) is 7.55. The highest BCUT2D eigenvalue weighted by Crippen LogP contribution is 2.45. The summed E-state index contributed by atoms with van der Waals surface area (Å²) >= 11 is 0. The second-order valence-electron chi connectivity index (χ2n) is 17.8. The number of carbonyl (C=O) groups is 4. The molecule has 16 nitrogen and oxygen atoms in total. The number of urea groups is 1. The van der Waals surface area contributed by atoms with E-state index >= 15 is 0 Å². The van der Waals surface area contributed by atoms with Crippen LogP contribution in [0.4, 0.5) is 22.1 Å². The molecular formula is C45H53N11O5. The number of hydrogen-bond acceptors (Lipinski definition) is 11. The quantitative estimate of drug-likeness (QED) is 0.129. The number of primary amides is 1. The number of anilines is 3. The molecule has 5 aliphatic rings. The van der Waals surface area contributed by atoms with Gasteiger partial charge in [0.15, 0.2) is 17.1 Å². The van der Waals surface area contributed by atoms with Crippen LogP contribution in [0.2, 0.25) is 0 Å². The van der Waals surface area contributed by atoms with Crippen LogP contribution in [-0.2, 0) is 9.59 Å². The first kappa shape index (κ1) is 39.1. The molecule has 10 rings (SSSR count). The van der Waals surface area contributed by atoms with E-state index in [4.69, 9.17) is 15.2 Å². The van der Waals surface area contributed by atoms with Crippen LogP contribution in [0.3, 0.4) is 0 Å². The van der Waals surface area contributed by atoms with Gasteiger partial charge < -0.3 is 40.2 Å². The van der Waals surface area contributed by atoms with Gasteiger partial charge in [0.1, 0.15) is 11.5 Å². The lowest BCUT2D eigenvalue weighted by molar-refractivity contribution is -0.134. The number of benzene rings is 2. The van der Waals surface area contributed by atoms with Crippen LogP contribution in [0.5, 0.6) is 0 Å². The average Bonchev–Trinajstić information content (AvgIpc) is 4.09. The van der Waals surface area contributed by atoms with Crippen molar-refractivity contribution in [2.75, 3.05) is 63.1 Å². The Balaban J connectivity index is 0.746. The molecule has 1 saturated carbocycles. The monoisotopic (exact) mass is 827 g/mol. The summed E-state index contributed by atoms with van der Waals surface area (Å²) < 4.78 is 5.87. The number of fused-ring (bicyclic) bond motifs is 3. The molecular weight excluding hydrogens is 775 g/mol. The van der Waals surface area contributed by atoms with Crippen LogP contribution in [0.25, 0.3) is 21.9 Å². The second kappa shape index (κ2) is 16.1. The number of hydrogen-bond donors (Lipinski definition) is 4. The number of nitrogens with zero attached hydrogens (tertiary/aromatic N) is 7. The Bertz CT molecular complexity index is 2490.